The highest BCUT2D eigenvalue weighted by Gasteiger charge is 2.15. The average molecular weight is 276 g/mol. The van der Waals surface area contributed by atoms with E-state index in [2.05, 4.69) is 31.7 Å². The van der Waals surface area contributed by atoms with Crippen LogP contribution in [-0.2, 0) is 4.79 Å². The molecule has 0 aliphatic heterocycles. The van der Waals surface area contributed by atoms with Gasteiger partial charge in [0.25, 0.3) is 0 Å². The maximum absolute atomic E-state index is 12.2. The maximum Gasteiger partial charge on any atom is 0.186 e. The molecule has 0 heterocycles. The Kier molecular flexibility index (Phi) is 3.74. The van der Waals surface area contributed by atoms with Crippen LogP contribution < -0.4 is 10.4 Å². The van der Waals surface area contributed by atoms with Crippen LogP contribution in [-0.4, -0.2) is 5.78 Å². The first-order valence-corrected chi connectivity index (χ1v) is 7.52. The number of ketones is 1. The molecule has 0 bridgehead atoms. The van der Waals surface area contributed by atoms with Crippen LogP contribution in [0.4, 0.5) is 0 Å². The summed E-state index contributed by atoms with van der Waals surface area (Å²) in [5.41, 5.74) is 3.34. The minimum atomic E-state index is 0.108. The second kappa shape index (κ2) is 5.69. The van der Waals surface area contributed by atoms with Crippen LogP contribution in [0.2, 0.25) is 0 Å². The summed E-state index contributed by atoms with van der Waals surface area (Å²) in [4.78, 5) is 12.2. The molecule has 0 radical (unpaired) electrons. The number of rotatable bonds is 2. The van der Waals surface area contributed by atoms with Gasteiger partial charge in [-0.3, -0.25) is 4.79 Å². The molecular weight excluding hydrogens is 256 g/mol. The molecule has 1 nitrogen and oxygen atoms in total. The minimum Gasteiger partial charge on any atom is -0.289 e. The molecule has 2 aliphatic carbocycles. The quantitative estimate of drug-likeness (QED) is 0.599. The van der Waals surface area contributed by atoms with Gasteiger partial charge in [0.1, 0.15) is 0 Å². The fraction of sp³-hybridized carbons (Fsp3) is 0.250. The van der Waals surface area contributed by atoms with Crippen LogP contribution in [0.25, 0.3) is 12.2 Å². The van der Waals surface area contributed by atoms with Crippen molar-refractivity contribution in [2.75, 3.05) is 0 Å². The van der Waals surface area contributed by atoms with Crippen LogP contribution in [0.5, 0.6) is 0 Å². The molecular formula is C20H20O. The van der Waals surface area contributed by atoms with Gasteiger partial charge in [-0.05, 0) is 60.8 Å². The zero-order chi connectivity index (χ0) is 14.8. The SMILES string of the molecule is C=C(C)[C@@H]1CC=C(/C=C2/C=c3ccccc3=CC2=O)CC1. The zero-order valence-electron chi connectivity index (χ0n) is 12.4. The Balaban J connectivity index is 1.90. The number of hydrogen-bond donors (Lipinski definition) is 0. The van der Waals surface area contributed by atoms with Crippen molar-refractivity contribution < 1.29 is 4.79 Å². The average Bonchev–Trinajstić information content (AvgIpc) is 2.48. The lowest BCUT2D eigenvalue weighted by Crippen LogP contribution is -2.29. The van der Waals surface area contributed by atoms with Crippen LogP contribution >= 0.6 is 0 Å². The van der Waals surface area contributed by atoms with Gasteiger partial charge in [0, 0.05) is 5.57 Å². The highest BCUT2D eigenvalue weighted by Crippen LogP contribution is 2.29. The van der Waals surface area contributed by atoms with Gasteiger partial charge in [-0.2, -0.15) is 0 Å². The summed E-state index contributed by atoms with van der Waals surface area (Å²) in [5, 5.41) is 2.14. The third-order valence-corrected chi connectivity index (χ3v) is 4.36. The monoisotopic (exact) mass is 276 g/mol. The molecule has 2 aliphatic rings. The number of hydrogen-bond acceptors (Lipinski definition) is 1. The normalized spacial score (nSPS) is 22.9. The Hall–Kier alpha value is -2.15. The lowest BCUT2D eigenvalue weighted by molar-refractivity contribution is -0.109. The Morgan fingerprint density at radius 1 is 1.24 bits per heavy atom. The van der Waals surface area contributed by atoms with E-state index < -0.39 is 0 Å². The fourth-order valence-electron chi connectivity index (χ4n) is 2.98. The summed E-state index contributed by atoms with van der Waals surface area (Å²) in [5.74, 6) is 0.710. The van der Waals surface area contributed by atoms with E-state index in [4.69, 9.17) is 0 Å². The molecule has 1 aromatic rings. The van der Waals surface area contributed by atoms with Gasteiger partial charge in [-0.1, -0.05) is 48.1 Å². The Morgan fingerprint density at radius 2 is 1.95 bits per heavy atom. The van der Waals surface area contributed by atoms with Crippen molar-refractivity contribution in [3.63, 3.8) is 0 Å². The van der Waals surface area contributed by atoms with E-state index >= 15 is 0 Å². The van der Waals surface area contributed by atoms with Gasteiger partial charge in [0.05, 0.1) is 0 Å². The molecule has 0 saturated carbocycles. The smallest absolute Gasteiger partial charge is 0.186 e. The van der Waals surface area contributed by atoms with Gasteiger partial charge in [0.15, 0.2) is 5.78 Å². The number of fused-ring (bicyclic) bond motifs is 1. The highest BCUT2D eigenvalue weighted by atomic mass is 16.1. The summed E-state index contributed by atoms with van der Waals surface area (Å²) in [6.45, 7) is 6.15. The van der Waals surface area contributed by atoms with Crippen molar-refractivity contribution in [1.82, 2.24) is 0 Å². The van der Waals surface area contributed by atoms with Crippen LogP contribution in [0.3, 0.4) is 0 Å². The van der Waals surface area contributed by atoms with Gasteiger partial charge in [-0.15, -0.1) is 0 Å². The van der Waals surface area contributed by atoms with Crippen LogP contribution in [0.15, 0.2) is 59.7 Å². The topological polar surface area (TPSA) is 17.1 Å². The van der Waals surface area contributed by atoms with Crippen LogP contribution in [0.1, 0.15) is 26.2 Å². The lowest BCUT2D eigenvalue weighted by atomic mass is 9.84. The van der Waals surface area contributed by atoms with Crippen molar-refractivity contribution in [3.05, 3.63) is 70.2 Å². The predicted octanol–water partition coefficient (Wildman–Crippen LogP) is 3.06. The van der Waals surface area contributed by atoms with Crippen molar-refractivity contribution in [2.45, 2.75) is 26.2 Å². The molecule has 1 heteroatoms. The molecule has 3 rings (SSSR count). The second-order valence-electron chi connectivity index (χ2n) is 5.98. The highest BCUT2D eigenvalue weighted by molar-refractivity contribution is 6.22. The third-order valence-electron chi connectivity index (χ3n) is 4.36. The molecule has 21 heavy (non-hydrogen) atoms. The standard InChI is InChI=1S/C20H20O/c1-14(2)16-9-7-15(8-10-16)11-19-12-17-5-3-4-6-18(17)13-20(19)21/h3-7,11-13,16H,1,8-10H2,2H3/b19-11-/t16-/m1/s1. The molecule has 0 unspecified atom stereocenters. The Morgan fingerprint density at radius 3 is 2.57 bits per heavy atom. The van der Waals surface area contributed by atoms with Crippen molar-refractivity contribution in [2.24, 2.45) is 5.92 Å². The maximum atomic E-state index is 12.2. The number of carbonyl (C=O) groups is 1. The Labute approximate surface area is 125 Å². The van der Waals surface area contributed by atoms with Crippen molar-refractivity contribution in [1.29, 1.82) is 0 Å². The van der Waals surface area contributed by atoms with E-state index in [9.17, 15) is 4.79 Å². The van der Waals surface area contributed by atoms with E-state index in [1.807, 2.05) is 24.3 Å². The molecule has 1 aromatic carbocycles. The molecule has 0 aromatic heterocycles. The van der Waals surface area contributed by atoms with Gasteiger partial charge in [0.2, 0.25) is 0 Å². The second-order valence-corrected chi connectivity index (χ2v) is 5.98. The lowest BCUT2D eigenvalue weighted by Gasteiger charge is -2.21. The van der Waals surface area contributed by atoms with Crippen molar-refractivity contribution in [3.8, 4) is 0 Å². The third kappa shape index (κ3) is 2.97. The van der Waals surface area contributed by atoms with Gasteiger partial charge in [-0.25, -0.2) is 0 Å². The summed E-state index contributed by atoms with van der Waals surface area (Å²) < 4.78 is 0. The molecule has 0 amide bonds. The number of Topliss-reactive ketones (excluding diaryl/α,β-unsaturated/α-hetero) is 1. The number of carbonyl (C=O) groups excluding carboxylic acids is 1. The van der Waals surface area contributed by atoms with E-state index in [1.54, 1.807) is 6.08 Å². The first-order valence-electron chi connectivity index (χ1n) is 7.52. The number of allylic oxidation sites excluding steroid dienone is 5. The minimum absolute atomic E-state index is 0.108. The molecule has 0 fully saturated rings. The molecule has 0 spiro atoms. The fourth-order valence-corrected chi connectivity index (χ4v) is 2.98. The summed E-state index contributed by atoms with van der Waals surface area (Å²) in [6.07, 6.45) is 11.3. The van der Waals surface area contributed by atoms with E-state index in [-0.39, 0.29) is 5.78 Å². The van der Waals surface area contributed by atoms with E-state index in [0.717, 1.165) is 35.3 Å². The first-order chi connectivity index (χ1) is 10.1. The van der Waals surface area contributed by atoms with Crippen LogP contribution in [0, 0.1) is 5.92 Å². The van der Waals surface area contributed by atoms with Gasteiger partial charge < -0.3 is 0 Å². The predicted molar refractivity (Wildman–Crippen MR) is 88.0 cm³/mol. The molecule has 0 saturated heterocycles. The zero-order valence-corrected chi connectivity index (χ0v) is 12.4. The Bertz CT molecular complexity index is 774. The molecule has 0 N–H and O–H groups in total. The summed E-state index contributed by atoms with van der Waals surface area (Å²) in [7, 11) is 0. The summed E-state index contributed by atoms with van der Waals surface area (Å²) >= 11 is 0. The van der Waals surface area contributed by atoms with Gasteiger partial charge >= 0.3 is 0 Å². The first kappa shape index (κ1) is 13.8. The summed E-state index contributed by atoms with van der Waals surface area (Å²) in [6, 6.07) is 8.01. The van der Waals surface area contributed by atoms with E-state index in [0.29, 0.717) is 5.92 Å². The molecule has 106 valence electrons. The largest absolute Gasteiger partial charge is 0.289 e. The molecule has 1 atom stereocenters. The van der Waals surface area contributed by atoms with Crippen molar-refractivity contribution >= 4 is 17.9 Å². The van der Waals surface area contributed by atoms with E-state index in [1.165, 1.54) is 11.1 Å². The number of benzene rings is 1.